The van der Waals surface area contributed by atoms with Crippen molar-refractivity contribution < 1.29 is 0 Å². The van der Waals surface area contributed by atoms with E-state index in [2.05, 4.69) is 25.0 Å². The summed E-state index contributed by atoms with van der Waals surface area (Å²) in [6.45, 7) is 3.35. The lowest BCUT2D eigenvalue weighted by molar-refractivity contribution is 0.487. The minimum absolute atomic E-state index is 0.0743. The average molecular weight is 322 g/mol. The number of anilines is 1. The molecule has 0 spiro atoms. The van der Waals surface area contributed by atoms with E-state index in [0.717, 1.165) is 30.6 Å². The van der Waals surface area contributed by atoms with Crippen molar-refractivity contribution in [3.05, 3.63) is 52.8 Å². The zero-order chi connectivity index (χ0) is 16.5. The highest BCUT2D eigenvalue weighted by atomic mass is 16.1. The summed E-state index contributed by atoms with van der Waals surface area (Å²) < 4.78 is 1.53. The van der Waals surface area contributed by atoms with Gasteiger partial charge in [0.15, 0.2) is 5.65 Å². The van der Waals surface area contributed by atoms with Crippen molar-refractivity contribution in [3.8, 4) is 0 Å². The van der Waals surface area contributed by atoms with Crippen LogP contribution in [0.4, 0.5) is 5.82 Å². The van der Waals surface area contributed by atoms with Crippen LogP contribution < -0.4 is 10.5 Å². The monoisotopic (exact) mass is 322 g/mol. The smallest absolute Gasteiger partial charge is 0.266 e. The molecule has 1 aliphatic heterocycles. The van der Waals surface area contributed by atoms with E-state index in [1.54, 1.807) is 24.5 Å². The zero-order valence-electron chi connectivity index (χ0n) is 13.5. The molecule has 0 radical (unpaired) electrons. The van der Waals surface area contributed by atoms with Gasteiger partial charge in [-0.3, -0.25) is 4.79 Å². The molecule has 1 atom stereocenters. The Labute approximate surface area is 139 Å². The molecular weight excluding hydrogens is 304 g/mol. The summed E-state index contributed by atoms with van der Waals surface area (Å²) in [5, 5.41) is 5.13. The van der Waals surface area contributed by atoms with Gasteiger partial charge in [-0.25, -0.2) is 19.6 Å². The van der Waals surface area contributed by atoms with Crippen LogP contribution in [-0.4, -0.2) is 37.3 Å². The molecule has 1 fully saturated rings. The lowest BCUT2D eigenvalue weighted by Crippen LogP contribution is -2.37. The minimum atomic E-state index is -0.0743. The molecule has 7 heteroatoms. The Morgan fingerprint density at radius 1 is 1.21 bits per heavy atom. The SMILES string of the molecule is Cc1nc(N2CCCC2Cn2ncccc2=O)c2cccnc2n1. The molecule has 0 aromatic carbocycles. The number of hydrogen-bond donors (Lipinski definition) is 0. The summed E-state index contributed by atoms with van der Waals surface area (Å²) >= 11 is 0. The van der Waals surface area contributed by atoms with E-state index in [0.29, 0.717) is 18.0 Å². The zero-order valence-corrected chi connectivity index (χ0v) is 13.5. The average Bonchev–Trinajstić information content (AvgIpc) is 3.04. The predicted molar refractivity (Wildman–Crippen MR) is 90.9 cm³/mol. The van der Waals surface area contributed by atoms with Gasteiger partial charge in [-0.05, 0) is 38.0 Å². The van der Waals surface area contributed by atoms with Crippen molar-refractivity contribution in [2.75, 3.05) is 11.4 Å². The molecule has 0 bridgehead atoms. The maximum absolute atomic E-state index is 12.0. The number of pyridine rings is 1. The van der Waals surface area contributed by atoms with Gasteiger partial charge >= 0.3 is 0 Å². The molecule has 122 valence electrons. The van der Waals surface area contributed by atoms with Gasteiger partial charge in [0.1, 0.15) is 11.6 Å². The molecule has 0 saturated carbocycles. The maximum Gasteiger partial charge on any atom is 0.266 e. The molecule has 7 nitrogen and oxygen atoms in total. The first-order chi connectivity index (χ1) is 11.7. The third kappa shape index (κ3) is 2.62. The Balaban J connectivity index is 1.73. The van der Waals surface area contributed by atoms with Crippen molar-refractivity contribution >= 4 is 16.9 Å². The molecule has 1 saturated heterocycles. The fraction of sp³-hybridized carbons (Fsp3) is 0.353. The van der Waals surface area contributed by atoms with E-state index >= 15 is 0 Å². The first kappa shape index (κ1) is 14.7. The minimum Gasteiger partial charge on any atom is -0.351 e. The van der Waals surface area contributed by atoms with Crippen LogP contribution in [-0.2, 0) is 6.54 Å². The van der Waals surface area contributed by atoms with Gasteiger partial charge in [0.2, 0.25) is 0 Å². The molecular formula is C17H18N6O. The molecule has 0 aliphatic carbocycles. The van der Waals surface area contributed by atoms with Gasteiger partial charge in [0.05, 0.1) is 18.0 Å². The highest BCUT2D eigenvalue weighted by molar-refractivity contribution is 5.87. The van der Waals surface area contributed by atoms with Crippen molar-refractivity contribution in [1.29, 1.82) is 0 Å². The van der Waals surface area contributed by atoms with Crippen molar-refractivity contribution in [2.24, 2.45) is 0 Å². The summed E-state index contributed by atoms with van der Waals surface area (Å²) in [6.07, 6.45) is 5.47. The third-order valence-corrected chi connectivity index (χ3v) is 4.38. The molecule has 24 heavy (non-hydrogen) atoms. The molecule has 1 unspecified atom stereocenters. The number of nitrogens with zero attached hydrogens (tertiary/aromatic N) is 6. The second kappa shape index (κ2) is 5.99. The summed E-state index contributed by atoms with van der Waals surface area (Å²) in [5.41, 5.74) is 0.635. The van der Waals surface area contributed by atoms with Crippen molar-refractivity contribution in [1.82, 2.24) is 24.7 Å². The van der Waals surface area contributed by atoms with Crippen LogP contribution in [0, 0.1) is 6.92 Å². The lowest BCUT2D eigenvalue weighted by atomic mass is 10.2. The Kier molecular flexibility index (Phi) is 3.68. The standard InChI is InChI=1S/C17H18N6O/c1-12-20-16-14(6-2-8-18-16)17(21-12)22-10-4-5-13(22)11-23-15(24)7-3-9-19-23/h2-3,6-9,13H,4-5,10-11H2,1H3. The van der Waals surface area contributed by atoms with E-state index in [4.69, 9.17) is 0 Å². The van der Waals surface area contributed by atoms with E-state index in [9.17, 15) is 4.79 Å². The second-order valence-corrected chi connectivity index (χ2v) is 6.00. The lowest BCUT2D eigenvalue weighted by Gasteiger charge is -2.26. The number of aryl methyl sites for hydroxylation is 1. The van der Waals surface area contributed by atoms with Crippen LogP contribution >= 0.6 is 0 Å². The molecule has 0 amide bonds. The molecule has 4 rings (SSSR count). The van der Waals surface area contributed by atoms with Gasteiger partial charge in [0, 0.05) is 25.0 Å². The quantitative estimate of drug-likeness (QED) is 0.728. The van der Waals surface area contributed by atoms with Crippen LogP contribution in [0.5, 0.6) is 0 Å². The Morgan fingerprint density at radius 2 is 2.08 bits per heavy atom. The first-order valence-corrected chi connectivity index (χ1v) is 8.10. The number of fused-ring (bicyclic) bond motifs is 1. The highest BCUT2D eigenvalue weighted by Gasteiger charge is 2.28. The Morgan fingerprint density at radius 3 is 2.96 bits per heavy atom. The maximum atomic E-state index is 12.0. The predicted octanol–water partition coefficient (Wildman–Crippen LogP) is 1.56. The molecule has 4 heterocycles. The van der Waals surface area contributed by atoms with Crippen LogP contribution in [0.3, 0.4) is 0 Å². The summed E-state index contributed by atoms with van der Waals surface area (Å²) in [6, 6.07) is 7.30. The first-order valence-electron chi connectivity index (χ1n) is 8.10. The fourth-order valence-electron chi connectivity index (χ4n) is 3.30. The Hall–Kier alpha value is -2.83. The topological polar surface area (TPSA) is 76.8 Å². The fourth-order valence-corrected chi connectivity index (χ4v) is 3.30. The van der Waals surface area contributed by atoms with Crippen molar-refractivity contribution in [3.63, 3.8) is 0 Å². The van der Waals surface area contributed by atoms with Gasteiger partial charge in [-0.1, -0.05) is 0 Å². The Bertz CT molecular complexity index is 938. The molecule has 1 aliphatic rings. The summed E-state index contributed by atoms with van der Waals surface area (Å²) in [7, 11) is 0. The van der Waals surface area contributed by atoms with Gasteiger partial charge in [0.25, 0.3) is 5.56 Å². The molecule has 3 aromatic heterocycles. The van der Waals surface area contributed by atoms with Gasteiger partial charge in [-0.15, -0.1) is 0 Å². The summed E-state index contributed by atoms with van der Waals surface area (Å²) in [5.74, 6) is 1.61. The largest absolute Gasteiger partial charge is 0.351 e. The van der Waals surface area contributed by atoms with Gasteiger partial charge < -0.3 is 4.90 Å². The van der Waals surface area contributed by atoms with E-state index in [1.807, 2.05) is 19.1 Å². The van der Waals surface area contributed by atoms with E-state index in [-0.39, 0.29) is 11.6 Å². The molecule has 3 aromatic rings. The van der Waals surface area contributed by atoms with Crippen LogP contribution in [0.15, 0.2) is 41.5 Å². The van der Waals surface area contributed by atoms with Crippen LogP contribution in [0.1, 0.15) is 18.7 Å². The van der Waals surface area contributed by atoms with Crippen LogP contribution in [0.2, 0.25) is 0 Å². The normalized spacial score (nSPS) is 17.5. The number of aromatic nitrogens is 5. The van der Waals surface area contributed by atoms with E-state index < -0.39 is 0 Å². The third-order valence-electron chi connectivity index (χ3n) is 4.38. The van der Waals surface area contributed by atoms with E-state index in [1.165, 1.54) is 4.68 Å². The van der Waals surface area contributed by atoms with Gasteiger partial charge in [-0.2, -0.15) is 5.10 Å². The highest BCUT2D eigenvalue weighted by Crippen LogP contribution is 2.29. The number of rotatable bonds is 3. The molecule has 0 N–H and O–H groups in total. The van der Waals surface area contributed by atoms with Crippen molar-refractivity contribution in [2.45, 2.75) is 32.4 Å². The second-order valence-electron chi connectivity index (χ2n) is 6.00. The summed E-state index contributed by atoms with van der Waals surface area (Å²) in [4.78, 5) is 27.7. The van der Waals surface area contributed by atoms with Crippen LogP contribution in [0.25, 0.3) is 11.0 Å². The number of hydrogen-bond acceptors (Lipinski definition) is 6.